The predicted molar refractivity (Wildman–Crippen MR) is 68.1 cm³/mol. The highest BCUT2D eigenvalue weighted by molar-refractivity contribution is 7.92. The van der Waals surface area contributed by atoms with Crippen LogP contribution >= 0.6 is 11.6 Å². The summed E-state index contributed by atoms with van der Waals surface area (Å²) in [4.78, 5) is 3.09. The van der Waals surface area contributed by atoms with Gasteiger partial charge in [-0.25, -0.2) is 12.8 Å². The molecule has 0 unspecified atom stereocenters. The molecule has 0 saturated carbocycles. The molecule has 5 nitrogen and oxygen atoms in total. The molecule has 0 atom stereocenters. The molecular formula is C11H8ClFN2O3S. The highest BCUT2D eigenvalue weighted by Crippen LogP contribution is 2.28. The Bertz CT molecular complexity index is 722. The molecule has 0 amide bonds. The van der Waals surface area contributed by atoms with Crippen molar-refractivity contribution in [3.8, 4) is 5.75 Å². The van der Waals surface area contributed by atoms with Gasteiger partial charge in [0.25, 0.3) is 10.0 Å². The maximum absolute atomic E-state index is 13.0. The molecule has 8 heteroatoms. The molecule has 100 valence electrons. The van der Waals surface area contributed by atoms with E-state index in [1.54, 1.807) is 0 Å². The van der Waals surface area contributed by atoms with Gasteiger partial charge in [-0.2, -0.15) is 0 Å². The summed E-state index contributed by atoms with van der Waals surface area (Å²) in [6, 6.07) is 4.69. The fourth-order valence-electron chi connectivity index (χ4n) is 1.33. The van der Waals surface area contributed by atoms with E-state index in [4.69, 9.17) is 11.6 Å². The summed E-state index contributed by atoms with van der Waals surface area (Å²) in [6.07, 6.45) is 1.88. The van der Waals surface area contributed by atoms with E-state index in [1.807, 2.05) is 0 Å². The lowest BCUT2D eigenvalue weighted by Gasteiger charge is -2.09. The van der Waals surface area contributed by atoms with Gasteiger partial charge in [0.05, 0.1) is 11.9 Å². The Labute approximate surface area is 113 Å². The van der Waals surface area contributed by atoms with Crippen LogP contribution in [0.2, 0.25) is 5.02 Å². The lowest BCUT2D eigenvalue weighted by molar-refractivity contribution is 0.477. The van der Waals surface area contributed by atoms with Crippen molar-refractivity contribution in [2.45, 2.75) is 4.90 Å². The number of nitrogens with zero attached hydrogens (tertiary/aromatic N) is 1. The van der Waals surface area contributed by atoms with Crippen molar-refractivity contribution < 1.29 is 17.9 Å². The zero-order valence-corrected chi connectivity index (χ0v) is 10.9. The quantitative estimate of drug-likeness (QED) is 0.853. The standard InChI is InChI=1S/C11H8ClFN2O3S/c12-7-1-2-11(16)10(3-7)15-19(17,18)9-4-8(13)5-14-6-9/h1-6,15-16H. The van der Waals surface area contributed by atoms with Crippen molar-refractivity contribution in [1.29, 1.82) is 0 Å². The minimum Gasteiger partial charge on any atom is -0.506 e. The van der Waals surface area contributed by atoms with Gasteiger partial charge in [0.2, 0.25) is 0 Å². The third-order valence-corrected chi connectivity index (χ3v) is 3.76. The van der Waals surface area contributed by atoms with Crippen LogP contribution in [0.3, 0.4) is 0 Å². The first-order valence-corrected chi connectivity index (χ1v) is 6.86. The van der Waals surface area contributed by atoms with E-state index in [-0.39, 0.29) is 21.4 Å². The fraction of sp³-hybridized carbons (Fsp3) is 0. The first-order chi connectivity index (χ1) is 8.88. The lowest BCUT2D eigenvalue weighted by Crippen LogP contribution is -2.13. The van der Waals surface area contributed by atoms with Crippen molar-refractivity contribution in [2.75, 3.05) is 4.72 Å². The molecule has 0 radical (unpaired) electrons. The first-order valence-electron chi connectivity index (χ1n) is 5.00. The topological polar surface area (TPSA) is 79.3 Å². The molecule has 0 spiro atoms. The third-order valence-electron chi connectivity index (χ3n) is 2.19. The molecule has 1 aromatic heterocycles. The number of halogens is 2. The number of benzene rings is 1. The number of hydrogen-bond acceptors (Lipinski definition) is 4. The minimum absolute atomic E-state index is 0.100. The molecule has 19 heavy (non-hydrogen) atoms. The van der Waals surface area contributed by atoms with Crippen LogP contribution in [-0.2, 0) is 10.0 Å². The van der Waals surface area contributed by atoms with Crippen molar-refractivity contribution >= 4 is 27.3 Å². The third kappa shape index (κ3) is 3.12. The van der Waals surface area contributed by atoms with Gasteiger partial charge in [-0.1, -0.05) is 11.6 Å². The minimum atomic E-state index is -4.05. The van der Waals surface area contributed by atoms with E-state index in [1.165, 1.54) is 18.2 Å². The van der Waals surface area contributed by atoms with Gasteiger partial charge >= 0.3 is 0 Å². The van der Waals surface area contributed by atoms with E-state index >= 15 is 0 Å². The Morgan fingerprint density at radius 3 is 2.68 bits per heavy atom. The summed E-state index contributed by atoms with van der Waals surface area (Å²) in [5, 5.41) is 9.77. The monoisotopic (exact) mass is 302 g/mol. The number of anilines is 1. The van der Waals surface area contributed by atoms with Gasteiger partial charge in [-0.05, 0) is 24.3 Å². The number of rotatable bonds is 3. The Balaban J connectivity index is 2.39. The van der Waals surface area contributed by atoms with Gasteiger partial charge in [-0.15, -0.1) is 0 Å². The second kappa shape index (κ2) is 5.02. The molecule has 0 aliphatic carbocycles. The molecule has 2 N–H and O–H groups in total. The van der Waals surface area contributed by atoms with Crippen molar-refractivity contribution in [2.24, 2.45) is 0 Å². The van der Waals surface area contributed by atoms with Gasteiger partial charge in [0, 0.05) is 11.2 Å². The normalized spacial score (nSPS) is 11.3. The fourth-order valence-corrected chi connectivity index (χ4v) is 2.54. The highest BCUT2D eigenvalue weighted by Gasteiger charge is 2.17. The molecule has 0 bridgehead atoms. The smallest absolute Gasteiger partial charge is 0.263 e. The van der Waals surface area contributed by atoms with Crippen LogP contribution in [0.15, 0.2) is 41.6 Å². The number of phenolic OH excluding ortho intramolecular Hbond substituents is 1. The molecular weight excluding hydrogens is 295 g/mol. The van der Waals surface area contributed by atoms with Crippen molar-refractivity contribution in [3.05, 3.63) is 47.5 Å². The van der Waals surface area contributed by atoms with Crippen LogP contribution in [0.5, 0.6) is 5.75 Å². The summed E-state index contributed by atoms with van der Waals surface area (Å²) in [7, 11) is -4.05. The molecule has 1 aromatic carbocycles. The number of hydrogen-bond donors (Lipinski definition) is 2. The zero-order valence-electron chi connectivity index (χ0n) is 9.34. The largest absolute Gasteiger partial charge is 0.506 e. The Hall–Kier alpha value is -1.86. The first kappa shape index (κ1) is 13.6. The number of phenols is 1. The molecule has 2 rings (SSSR count). The number of aromatic hydroxyl groups is 1. The van der Waals surface area contributed by atoms with Gasteiger partial charge in [0.15, 0.2) is 0 Å². The summed E-state index contributed by atoms with van der Waals surface area (Å²) in [5.74, 6) is -1.07. The van der Waals surface area contributed by atoms with Gasteiger partial charge < -0.3 is 5.11 Å². The van der Waals surface area contributed by atoms with Crippen LogP contribution in [0.1, 0.15) is 0 Å². The number of nitrogens with one attached hydrogen (secondary N) is 1. The SMILES string of the molecule is O=S(=O)(Nc1cc(Cl)ccc1O)c1cncc(F)c1. The van der Waals surface area contributed by atoms with Crippen molar-refractivity contribution in [1.82, 2.24) is 4.98 Å². The second-order valence-electron chi connectivity index (χ2n) is 3.61. The molecule has 0 fully saturated rings. The van der Waals surface area contributed by atoms with Gasteiger partial charge in [-0.3, -0.25) is 9.71 Å². The maximum Gasteiger partial charge on any atom is 0.263 e. The van der Waals surface area contributed by atoms with E-state index in [0.29, 0.717) is 0 Å². The summed E-state index contributed by atoms with van der Waals surface area (Å²) in [5.41, 5.74) is -0.100. The summed E-state index contributed by atoms with van der Waals surface area (Å²) >= 11 is 5.70. The summed E-state index contributed by atoms with van der Waals surface area (Å²) < 4.78 is 38.9. The molecule has 0 aliphatic heterocycles. The number of aromatic nitrogens is 1. The van der Waals surface area contributed by atoms with Gasteiger partial charge in [0.1, 0.15) is 16.5 Å². The average molecular weight is 303 g/mol. The van der Waals surface area contributed by atoms with Crippen LogP contribution < -0.4 is 4.72 Å². The van der Waals surface area contributed by atoms with Crippen LogP contribution in [-0.4, -0.2) is 18.5 Å². The van der Waals surface area contributed by atoms with E-state index in [0.717, 1.165) is 18.5 Å². The Morgan fingerprint density at radius 2 is 2.00 bits per heavy atom. The van der Waals surface area contributed by atoms with Crippen LogP contribution in [0, 0.1) is 5.82 Å². The Morgan fingerprint density at radius 1 is 1.26 bits per heavy atom. The van der Waals surface area contributed by atoms with E-state index in [9.17, 15) is 17.9 Å². The van der Waals surface area contributed by atoms with Crippen LogP contribution in [0.4, 0.5) is 10.1 Å². The highest BCUT2D eigenvalue weighted by atomic mass is 35.5. The van der Waals surface area contributed by atoms with E-state index < -0.39 is 15.8 Å². The second-order valence-corrected chi connectivity index (χ2v) is 5.72. The molecule has 1 heterocycles. The maximum atomic E-state index is 13.0. The zero-order chi connectivity index (χ0) is 14.0. The predicted octanol–water partition coefficient (Wildman–Crippen LogP) is 2.38. The number of pyridine rings is 1. The summed E-state index contributed by atoms with van der Waals surface area (Å²) in [6.45, 7) is 0. The van der Waals surface area contributed by atoms with Crippen molar-refractivity contribution in [3.63, 3.8) is 0 Å². The molecule has 0 saturated heterocycles. The lowest BCUT2D eigenvalue weighted by atomic mass is 10.3. The molecule has 2 aromatic rings. The average Bonchev–Trinajstić information content (AvgIpc) is 2.33. The van der Waals surface area contributed by atoms with E-state index in [2.05, 4.69) is 9.71 Å². The van der Waals surface area contributed by atoms with Crippen LogP contribution in [0.25, 0.3) is 0 Å². The Kier molecular flexibility index (Phi) is 3.59. The molecule has 0 aliphatic rings. The number of sulfonamides is 1.